The first-order valence-electron chi connectivity index (χ1n) is 11.2. The highest BCUT2D eigenvalue weighted by atomic mass is 32.2. The van der Waals surface area contributed by atoms with Gasteiger partial charge in [0, 0.05) is 29.0 Å². The molecule has 5 heteroatoms. The largest absolute Gasteiger partial charge is 0.487 e. The van der Waals surface area contributed by atoms with Crippen LogP contribution in [0.1, 0.15) is 44.2 Å². The molecule has 3 aromatic rings. The molecule has 4 rings (SSSR count). The number of benzene rings is 2. The maximum Gasteiger partial charge on any atom is 0.130 e. The summed E-state index contributed by atoms with van der Waals surface area (Å²) in [5.74, 6) is 1.76. The Morgan fingerprint density at radius 1 is 0.903 bits per heavy atom. The van der Waals surface area contributed by atoms with Gasteiger partial charge in [-0.05, 0) is 78.9 Å². The summed E-state index contributed by atoms with van der Waals surface area (Å²) >= 11 is 1.72. The molecule has 1 aliphatic carbocycles. The van der Waals surface area contributed by atoms with Crippen molar-refractivity contribution in [2.75, 3.05) is 11.9 Å². The summed E-state index contributed by atoms with van der Waals surface area (Å²) < 4.78 is 9.36. The smallest absolute Gasteiger partial charge is 0.130 e. The lowest BCUT2D eigenvalue weighted by Gasteiger charge is -2.21. The molecule has 2 N–H and O–H groups in total. The predicted molar refractivity (Wildman–Crippen MR) is 130 cm³/mol. The van der Waals surface area contributed by atoms with Gasteiger partial charge in [-0.3, -0.25) is 9.71 Å². The van der Waals surface area contributed by atoms with Crippen molar-refractivity contribution in [3.8, 4) is 5.75 Å². The van der Waals surface area contributed by atoms with Gasteiger partial charge >= 0.3 is 0 Å². The number of nitrogens with one attached hydrogen (secondary N) is 2. The van der Waals surface area contributed by atoms with Crippen molar-refractivity contribution in [1.82, 2.24) is 9.71 Å². The standard InChI is InChI=1S/C26H31N3OS/c1-2-7-21(8-3-1)16-18-28-31-26-11-6-10-23(19-26)29-22-12-14-25(15-13-22)30-20-24-9-4-5-17-27-24/h4-6,9-15,17,19,21,28-29H,1-3,7-8,16,18,20H2. The molecule has 0 saturated heterocycles. The summed E-state index contributed by atoms with van der Waals surface area (Å²) in [6.07, 6.45) is 10.2. The molecule has 0 bridgehead atoms. The summed E-state index contributed by atoms with van der Waals surface area (Å²) in [5, 5.41) is 3.48. The van der Waals surface area contributed by atoms with Gasteiger partial charge < -0.3 is 10.1 Å². The number of rotatable bonds is 10. The van der Waals surface area contributed by atoms with Gasteiger partial charge in [-0.25, -0.2) is 0 Å². The van der Waals surface area contributed by atoms with Crippen molar-refractivity contribution in [2.45, 2.75) is 50.0 Å². The molecule has 1 aromatic heterocycles. The Morgan fingerprint density at radius 3 is 2.58 bits per heavy atom. The number of ether oxygens (including phenoxy) is 1. The van der Waals surface area contributed by atoms with Gasteiger partial charge in [-0.1, -0.05) is 44.2 Å². The molecule has 4 nitrogen and oxygen atoms in total. The number of hydrogen-bond acceptors (Lipinski definition) is 5. The fraction of sp³-hybridized carbons (Fsp3) is 0.346. The Kier molecular flexibility index (Phi) is 8.25. The first-order chi connectivity index (χ1) is 15.3. The van der Waals surface area contributed by atoms with Crippen LogP contribution >= 0.6 is 11.9 Å². The Hall–Kier alpha value is -2.50. The third-order valence-electron chi connectivity index (χ3n) is 5.66. The molecule has 0 aliphatic heterocycles. The summed E-state index contributed by atoms with van der Waals surface area (Å²) in [6, 6.07) is 22.4. The Balaban J connectivity index is 1.22. The van der Waals surface area contributed by atoms with Crippen LogP contribution in [0.3, 0.4) is 0 Å². The fourth-order valence-corrected chi connectivity index (χ4v) is 4.67. The molecular formula is C26H31N3OS. The third kappa shape index (κ3) is 7.30. The van der Waals surface area contributed by atoms with E-state index in [4.69, 9.17) is 4.74 Å². The van der Waals surface area contributed by atoms with Crippen molar-refractivity contribution >= 4 is 23.3 Å². The molecule has 0 unspecified atom stereocenters. The molecule has 0 radical (unpaired) electrons. The summed E-state index contributed by atoms with van der Waals surface area (Å²) in [4.78, 5) is 5.51. The van der Waals surface area contributed by atoms with Gasteiger partial charge in [0.1, 0.15) is 12.4 Å². The van der Waals surface area contributed by atoms with E-state index in [1.807, 2.05) is 42.5 Å². The lowest BCUT2D eigenvalue weighted by molar-refractivity contribution is 0.301. The second-order valence-corrected chi connectivity index (χ2v) is 9.04. The number of pyridine rings is 1. The number of aromatic nitrogens is 1. The highest BCUT2D eigenvalue weighted by Crippen LogP contribution is 2.27. The molecule has 1 heterocycles. The van der Waals surface area contributed by atoms with Gasteiger partial charge in [-0.15, -0.1) is 0 Å². The maximum atomic E-state index is 5.81. The van der Waals surface area contributed by atoms with E-state index in [2.05, 4.69) is 39.3 Å². The zero-order valence-corrected chi connectivity index (χ0v) is 18.7. The zero-order valence-electron chi connectivity index (χ0n) is 17.9. The average Bonchev–Trinajstić information content (AvgIpc) is 2.83. The van der Waals surface area contributed by atoms with E-state index < -0.39 is 0 Å². The van der Waals surface area contributed by atoms with Crippen LogP contribution in [0.5, 0.6) is 5.75 Å². The molecule has 1 aliphatic rings. The molecule has 0 amide bonds. The second kappa shape index (κ2) is 11.8. The molecule has 1 saturated carbocycles. The first kappa shape index (κ1) is 21.7. The summed E-state index contributed by atoms with van der Waals surface area (Å²) in [5.41, 5.74) is 3.05. The fourth-order valence-electron chi connectivity index (χ4n) is 3.95. The van der Waals surface area contributed by atoms with E-state index in [0.29, 0.717) is 6.61 Å². The van der Waals surface area contributed by atoms with Crippen LogP contribution in [0.25, 0.3) is 0 Å². The zero-order chi connectivity index (χ0) is 21.1. The van der Waals surface area contributed by atoms with Crippen LogP contribution < -0.4 is 14.8 Å². The van der Waals surface area contributed by atoms with E-state index in [9.17, 15) is 0 Å². The Labute approximate surface area is 190 Å². The van der Waals surface area contributed by atoms with Crippen LogP contribution in [0.2, 0.25) is 0 Å². The second-order valence-electron chi connectivity index (χ2n) is 8.08. The number of hydrogen-bond donors (Lipinski definition) is 2. The molecule has 0 spiro atoms. The van der Waals surface area contributed by atoms with Crippen molar-refractivity contribution < 1.29 is 4.74 Å². The van der Waals surface area contributed by atoms with Crippen molar-refractivity contribution in [1.29, 1.82) is 0 Å². The van der Waals surface area contributed by atoms with Gasteiger partial charge in [0.2, 0.25) is 0 Å². The minimum Gasteiger partial charge on any atom is -0.487 e. The lowest BCUT2D eigenvalue weighted by Crippen LogP contribution is -2.14. The summed E-state index contributed by atoms with van der Waals surface area (Å²) in [7, 11) is 0. The summed E-state index contributed by atoms with van der Waals surface area (Å²) in [6.45, 7) is 1.55. The lowest BCUT2D eigenvalue weighted by atomic mass is 9.87. The maximum absolute atomic E-state index is 5.81. The van der Waals surface area contributed by atoms with E-state index in [-0.39, 0.29) is 0 Å². The van der Waals surface area contributed by atoms with Crippen LogP contribution in [-0.4, -0.2) is 11.5 Å². The van der Waals surface area contributed by atoms with Crippen LogP contribution in [0, 0.1) is 5.92 Å². The topological polar surface area (TPSA) is 46.2 Å². The van der Waals surface area contributed by atoms with Crippen LogP contribution in [-0.2, 0) is 6.61 Å². The molecule has 2 aromatic carbocycles. The average molecular weight is 434 g/mol. The highest BCUT2D eigenvalue weighted by molar-refractivity contribution is 7.97. The van der Waals surface area contributed by atoms with E-state index in [1.165, 1.54) is 43.4 Å². The number of nitrogens with zero attached hydrogens (tertiary/aromatic N) is 1. The molecule has 162 valence electrons. The number of anilines is 2. The Morgan fingerprint density at radius 2 is 1.77 bits per heavy atom. The van der Waals surface area contributed by atoms with Gasteiger partial charge in [0.25, 0.3) is 0 Å². The molecule has 1 fully saturated rings. The van der Waals surface area contributed by atoms with E-state index in [1.54, 1.807) is 18.1 Å². The monoisotopic (exact) mass is 433 g/mol. The van der Waals surface area contributed by atoms with Gasteiger partial charge in [0.05, 0.1) is 5.69 Å². The quantitative estimate of drug-likeness (QED) is 0.267. The first-order valence-corrected chi connectivity index (χ1v) is 12.1. The van der Waals surface area contributed by atoms with E-state index in [0.717, 1.165) is 35.3 Å². The molecular weight excluding hydrogens is 402 g/mol. The highest BCUT2D eigenvalue weighted by Gasteiger charge is 2.12. The third-order valence-corrected chi connectivity index (χ3v) is 6.50. The minimum absolute atomic E-state index is 0.473. The Bertz CT molecular complexity index is 911. The molecule has 0 atom stereocenters. The minimum atomic E-state index is 0.473. The van der Waals surface area contributed by atoms with E-state index >= 15 is 0 Å². The van der Waals surface area contributed by atoms with Crippen LogP contribution in [0.4, 0.5) is 11.4 Å². The predicted octanol–water partition coefficient (Wildman–Crippen LogP) is 6.97. The van der Waals surface area contributed by atoms with Gasteiger partial charge in [-0.2, -0.15) is 0 Å². The normalized spacial score (nSPS) is 14.3. The van der Waals surface area contributed by atoms with Gasteiger partial charge in [0.15, 0.2) is 0 Å². The van der Waals surface area contributed by atoms with Crippen molar-refractivity contribution in [3.63, 3.8) is 0 Å². The molecule has 31 heavy (non-hydrogen) atoms. The van der Waals surface area contributed by atoms with Crippen LogP contribution in [0.15, 0.2) is 77.8 Å². The van der Waals surface area contributed by atoms with Crippen molar-refractivity contribution in [3.05, 3.63) is 78.6 Å². The van der Waals surface area contributed by atoms with Crippen molar-refractivity contribution in [2.24, 2.45) is 5.92 Å². The SMILES string of the molecule is c1ccc(COc2ccc(Nc3cccc(SNCCC4CCCCC4)c3)cc2)nc1.